The first-order valence-corrected chi connectivity index (χ1v) is 17.4. The molecule has 2 aromatic rings. The van der Waals surface area contributed by atoms with Crippen LogP contribution in [-0.2, 0) is 0 Å². The Balaban J connectivity index is 1.19. The zero-order valence-electron chi connectivity index (χ0n) is 26.3. The van der Waals surface area contributed by atoms with E-state index in [4.69, 9.17) is 4.74 Å². The maximum atomic E-state index is 10.2. The van der Waals surface area contributed by atoms with Crippen LogP contribution in [0.5, 0.6) is 5.75 Å². The number of unbranched alkanes of at least 4 members (excludes halogenated alkanes) is 6. The summed E-state index contributed by atoms with van der Waals surface area (Å²) in [4.78, 5) is 0. The Morgan fingerprint density at radius 3 is 1.85 bits per heavy atom. The first-order chi connectivity index (χ1) is 20.1. The highest BCUT2D eigenvalue weighted by molar-refractivity contribution is 5.64. The molecule has 0 amide bonds. The fourth-order valence-corrected chi connectivity index (χ4v) is 7.48. The summed E-state index contributed by atoms with van der Waals surface area (Å²) in [5.41, 5.74) is 3.88. The molecule has 2 aliphatic carbocycles. The second-order valence-corrected chi connectivity index (χ2v) is 13.5. The van der Waals surface area contributed by atoms with Crippen molar-refractivity contribution in [2.75, 3.05) is 6.61 Å². The summed E-state index contributed by atoms with van der Waals surface area (Å²) in [5, 5.41) is 10.2. The molecule has 0 spiro atoms. The molecular formula is C39H57NO. The van der Waals surface area contributed by atoms with Gasteiger partial charge in [-0.15, -0.1) is 0 Å². The first kappa shape index (κ1) is 31.7. The Labute approximate surface area is 252 Å². The molecule has 0 N–H and O–H groups in total. The van der Waals surface area contributed by atoms with Gasteiger partial charge in [-0.05, 0) is 91.5 Å². The van der Waals surface area contributed by atoms with Gasteiger partial charge in [-0.25, -0.2) is 0 Å². The van der Waals surface area contributed by atoms with E-state index in [0.717, 1.165) is 62.7 Å². The van der Waals surface area contributed by atoms with Crippen LogP contribution in [-0.4, -0.2) is 6.61 Å². The van der Waals surface area contributed by atoms with Crippen molar-refractivity contribution < 1.29 is 4.74 Å². The highest BCUT2D eigenvalue weighted by atomic mass is 16.5. The van der Waals surface area contributed by atoms with E-state index in [0.29, 0.717) is 5.92 Å². The van der Waals surface area contributed by atoms with Crippen molar-refractivity contribution in [2.45, 2.75) is 142 Å². The molecule has 224 valence electrons. The molecule has 0 bridgehead atoms. The zero-order chi connectivity index (χ0) is 28.8. The molecule has 2 aliphatic rings. The molecule has 0 heterocycles. The van der Waals surface area contributed by atoms with Crippen LogP contribution in [0.2, 0.25) is 0 Å². The van der Waals surface area contributed by atoms with Gasteiger partial charge in [0, 0.05) is 0 Å². The van der Waals surface area contributed by atoms with Crippen molar-refractivity contribution in [3.05, 3.63) is 54.1 Å². The van der Waals surface area contributed by atoms with Gasteiger partial charge in [0.2, 0.25) is 0 Å². The number of benzene rings is 2. The second kappa shape index (κ2) is 17.0. The Hall–Kier alpha value is -2.27. The molecule has 41 heavy (non-hydrogen) atoms. The molecule has 0 aliphatic heterocycles. The number of hydrogen-bond donors (Lipinski definition) is 0. The van der Waals surface area contributed by atoms with Crippen LogP contribution in [0.4, 0.5) is 0 Å². The standard InChI is InChI=1S/C39H57NO/c1-3-5-7-8-10-30-41-38-22-20-36(21-23-38)34-16-18-35(19-17-34)37-25-28-39(31-40,29-26-37)27-24-33-14-12-32(13-15-33)11-9-6-4-2/h16-23,32-33,37H,3-15,24-30H2,1-2H3. The van der Waals surface area contributed by atoms with Crippen molar-refractivity contribution in [1.82, 2.24) is 0 Å². The van der Waals surface area contributed by atoms with Gasteiger partial charge in [-0.3, -0.25) is 0 Å². The molecule has 0 unspecified atom stereocenters. The van der Waals surface area contributed by atoms with Gasteiger partial charge in [-0.2, -0.15) is 5.26 Å². The normalized spacial score (nSPS) is 24.6. The SMILES string of the molecule is CCCCCCCOc1ccc(-c2ccc(C3CCC(C#N)(CCC4CCC(CCCCC)CC4)CC3)cc2)cc1. The summed E-state index contributed by atoms with van der Waals surface area (Å²) in [6, 6.07) is 20.6. The highest BCUT2D eigenvalue weighted by Gasteiger charge is 2.36. The van der Waals surface area contributed by atoms with Gasteiger partial charge in [0.15, 0.2) is 0 Å². The maximum absolute atomic E-state index is 10.2. The van der Waals surface area contributed by atoms with Gasteiger partial charge in [0.1, 0.15) is 5.75 Å². The predicted molar refractivity (Wildman–Crippen MR) is 174 cm³/mol. The molecule has 0 saturated heterocycles. The monoisotopic (exact) mass is 555 g/mol. The minimum absolute atomic E-state index is 0.0757. The van der Waals surface area contributed by atoms with Crippen molar-refractivity contribution in [1.29, 1.82) is 5.26 Å². The van der Waals surface area contributed by atoms with Gasteiger partial charge in [0.05, 0.1) is 18.1 Å². The topological polar surface area (TPSA) is 33.0 Å². The summed E-state index contributed by atoms with van der Waals surface area (Å²) in [6.45, 7) is 5.37. The number of nitrogens with zero attached hydrogens (tertiary/aromatic N) is 1. The van der Waals surface area contributed by atoms with E-state index < -0.39 is 0 Å². The van der Waals surface area contributed by atoms with Crippen molar-refractivity contribution in [2.24, 2.45) is 17.3 Å². The van der Waals surface area contributed by atoms with E-state index in [1.54, 1.807) is 0 Å². The van der Waals surface area contributed by atoms with E-state index in [9.17, 15) is 5.26 Å². The number of nitriles is 1. The lowest BCUT2D eigenvalue weighted by atomic mass is 9.66. The van der Waals surface area contributed by atoms with Crippen molar-refractivity contribution >= 4 is 0 Å². The lowest BCUT2D eigenvalue weighted by Crippen LogP contribution is -2.27. The Morgan fingerprint density at radius 1 is 0.683 bits per heavy atom. The second-order valence-electron chi connectivity index (χ2n) is 13.5. The van der Waals surface area contributed by atoms with E-state index in [-0.39, 0.29) is 5.41 Å². The van der Waals surface area contributed by atoms with Crippen LogP contribution in [0.1, 0.15) is 147 Å². The molecule has 4 rings (SSSR count). The largest absolute Gasteiger partial charge is 0.494 e. The highest BCUT2D eigenvalue weighted by Crippen LogP contribution is 2.47. The van der Waals surface area contributed by atoms with Crippen LogP contribution < -0.4 is 4.74 Å². The summed E-state index contributed by atoms with van der Waals surface area (Å²) in [6.07, 6.45) is 24.5. The molecule has 2 nitrogen and oxygen atoms in total. The third kappa shape index (κ3) is 9.91. The van der Waals surface area contributed by atoms with Crippen LogP contribution in [0.15, 0.2) is 48.5 Å². The maximum Gasteiger partial charge on any atom is 0.119 e. The van der Waals surface area contributed by atoms with Crippen LogP contribution >= 0.6 is 0 Å². The smallest absolute Gasteiger partial charge is 0.119 e. The Bertz CT molecular complexity index is 1020. The third-order valence-corrected chi connectivity index (χ3v) is 10.5. The van der Waals surface area contributed by atoms with Gasteiger partial charge < -0.3 is 4.74 Å². The molecule has 2 aromatic carbocycles. The number of rotatable bonds is 16. The number of ether oxygens (including phenoxy) is 1. The fourth-order valence-electron chi connectivity index (χ4n) is 7.48. The molecular weight excluding hydrogens is 498 g/mol. The average Bonchev–Trinajstić information content (AvgIpc) is 3.03. The van der Waals surface area contributed by atoms with E-state index >= 15 is 0 Å². The van der Waals surface area contributed by atoms with E-state index in [2.05, 4.69) is 68.4 Å². The zero-order valence-corrected chi connectivity index (χ0v) is 26.3. The van der Waals surface area contributed by atoms with Crippen LogP contribution in [0.3, 0.4) is 0 Å². The van der Waals surface area contributed by atoms with E-state index in [1.165, 1.54) is 100 Å². The molecule has 2 saturated carbocycles. The summed E-state index contributed by atoms with van der Waals surface area (Å²) < 4.78 is 5.95. The molecule has 0 atom stereocenters. The minimum Gasteiger partial charge on any atom is -0.494 e. The van der Waals surface area contributed by atoms with Crippen molar-refractivity contribution in [3.8, 4) is 22.9 Å². The van der Waals surface area contributed by atoms with E-state index in [1.807, 2.05) is 0 Å². The lowest BCUT2D eigenvalue weighted by molar-refractivity contribution is 0.185. The quantitative estimate of drug-likeness (QED) is 0.193. The number of hydrogen-bond acceptors (Lipinski definition) is 2. The minimum atomic E-state index is -0.0757. The van der Waals surface area contributed by atoms with Gasteiger partial charge in [0.25, 0.3) is 0 Å². The van der Waals surface area contributed by atoms with Gasteiger partial charge >= 0.3 is 0 Å². The first-order valence-electron chi connectivity index (χ1n) is 17.4. The lowest BCUT2D eigenvalue weighted by Gasteiger charge is -2.37. The molecule has 2 heteroatoms. The van der Waals surface area contributed by atoms with Crippen LogP contribution in [0.25, 0.3) is 11.1 Å². The molecule has 2 fully saturated rings. The Kier molecular flexibility index (Phi) is 13.1. The fraction of sp³-hybridized carbons (Fsp3) is 0.667. The Morgan fingerprint density at radius 2 is 1.24 bits per heavy atom. The summed E-state index contributed by atoms with van der Waals surface area (Å²) in [5.74, 6) is 3.41. The summed E-state index contributed by atoms with van der Waals surface area (Å²) in [7, 11) is 0. The van der Waals surface area contributed by atoms with Crippen molar-refractivity contribution in [3.63, 3.8) is 0 Å². The average molecular weight is 556 g/mol. The van der Waals surface area contributed by atoms with Gasteiger partial charge in [-0.1, -0.05) is 127 Å². The third-order valence-electron chi connectivity index (χ3n) is 10.5. The van der Waals surface area contributed by atoms with Crippen LogP contribution in [0, 0.1) is 28.6 Å². The molecule has 0 radical (unpaired) electrons. The predicted octanol–water partition coefficient (Wildman–Crippen LogP) is 12.0. The molecule has 0 aromatic heterocycles. The summed E-state index contributed by atoms with van der Waals surface area (Å²) >= 11 is 0.